The third kappa shape index (κ3) is 3.75. The molecule has 2 fully saturated rings. The fourth-order valence-corrected chi connectivity index (χ4v) is 3.04. The Kier molecular flexibility index (Phi) is 5.67. The van der Waals surface area contributed by atoms with Gasteiger partial charge in [-0.3, -0.25) is 0 Å². The summed E-state index contributed by atoms with van der Waals surface area (Å²) in [6.07, 6.45) is -0.127. The van der Waals surface area contributed by atoms with E-state index < -0.39 is 24.8 Å². The summed E-state index contributed by atoms with van der Waals surface area (Å²) in [6, 6.07) is 9.76. The van der Waals surface area contributed by atoms with Gasteiger partial charge < -0.3 is 24.1 Å². The molecule has 0 saturated carbocycles. The van der Waals surface area contributed by atoms with Gasteiger partial charge in [-0.15, -0.1) is 0 Å². The predicted molar refractivity (Wildman–Crippen MR) is 84.7 cm³/mol. The zero-order chi connectivity index (χ0) is 16.2. The molecule has 2 heterocycles. The van der Waals surface area contributed by atoms with Gasteiger partial charge in [-0.1, -0.05) is 50.6 Å². The molecule has 128 valence electrons. The van der Waals surface area contributed by atoms with Crippen molar-refractivity contribution in [3.05, 3.63) is 35.9 Å². The number of aliphatic hydroxyl groups excluding tert-OH is 1. The van der Waals surface area contributed by atoms with Crippen molar-refractivity contribution in [3.63, 3.8) is 0 Å². The highest BCUT2D eigenvalue weighted by Gasteiger charge is 2.47. The smallest absolute Gasteiger partial charge is 0.184 e. The van der Waals surface area contributed by atoms with E-state index in [-0.39, 0.29) is 12.0 Å². The van der Waals surface area contributed by atoms with Gasteiger partial charge in [0, 0.05) is 18.1 Å². The normalized spacial score (nSPS) is 37.3. The lowest BCUT2D eigenvalue weighted by Crippen LogP contribution is -2.59. The van der Waals surface area contributed by atoms with E-state index in [2.05, 4.69) is 6.92 Å². The molecule has 0 radical (unpaired) electrons. The van der Waals surface area contributed by atoms with Gasteiger partial charge >= 0.3 is 0 Å². The minimum atomic E-state index is -0.629. The third-order valence-electron chi connectivity index (χ3n) is 4.52. The molecule has 0 aliphatic carbocycles. The van der Waals surface area contributed by atoms with Gasteiger partial charge in [0.2, 0.25) is 0 Å². The maximum absolute atomic E-state index is 10.6. The number of hydrogen-bond acceptors (Lipinski definition) is 5. The molecule has 0 aromatic heterocycles. The van der Waals surface area contributed by atoms with E-state index in [0.717, 1.165) is 18.4 Å². The first kappa shape index (κ1) is 16.9. The lowest BCUT2D eigenvalue weighted by Gasteiger charge is -2.47. The van der Waals surface area contributed by atoms with Gasteiger partial charge in [-0.25, -0.2) is 0 Å². The van der Waals surface area contributed by atoms with Gasteiger partial charge in [0.25, 0.3) is 0 Å². The fourth-order valence-electron chi connectivity index (χ4n) is 3.04. The zero-order valence-corrected chi connectivity index (χ0v) is 13.8. The SMILES string of the molecule is CCCCO[C@H]1OC2COC(c3ccccc3)O[C@H]2C(O)[C@@H]1C. The molecule has 6 atom stereocenters. The van der Waals surface area contributed by atoms with E-state index >= 15 is 0 Å². The van der Waals surface area contributed by atoms with Gasteiger partial charge in [0.15, 0.2) is 12.6 Å². The molecule has 1 aromatic rings. The molecule has 1 N–H and O–H groups in total. The average molecular weight is 322 g/mol. The van der Waals surface area contributed by atoms with Gasteiger partial charge in [0.1, 0.15) is 12.2 Å². The molecule has 1 aromatic carbocycles. The summed E-state index contributed by atoms with van der Waals surface area (Å²) in [5, 5.41) is 10.6. The van der Waals surface area contributed by atoms with Crippen molar-refractivity contribution >= 4 is 0 Å². The van der Waals surface area contributed by atoms with Gasteiger partial charge in [-0.2, -0.15) is 0 Å². The van der Waals surface area contributed by atoms with E-state index in [9.17, 15) is 5.11 Å². The second-order valence-electron chi connectivity index (χ2n) is 6.29. The summed E-state index contributed by atoms with van der Waals surface area (Å²) < 4.78 is 23.5. The van der Waals surface area contributed by atoms with Crippen molar-refractivity contribution in [2.45, 2.75) is 57.6 Å². The number of rotatable bonds is 5. The van der Waals surface area contributed by atoms with Gasteiger partial charge in [-0.05, 0) is 6.42 Å². The van der Waals surface area contributed by atoms with Crippen LogP contribution in [-0.2, 0) is 18.9 Å². The lowest BCUT2D eigenvalue weighted by atomic mass is 9.91. The summed E-state index contributed by atoms with van der Waals surface area (Å²) in [5.41, 5.74) is 0.951. The van der Waals surface area contributed by atoms with Crippen LogP contribution < -0.4 is 0 Å². The summed E-state index contributed by atoms with van der Waals surface area (Å²) in [4.78, 5) is 0. The molecule has 0 amide bonds. The zero-order valence-electron chi connectivity index (χ0n) is 13.8. The van der Waals surface area contributed by atoms with Gasteiger partial charge in [0.05, 0.1) is 12.7 Å². The summed E-state index contributed by atoms with van der Waals surface area (Å²) in [5.74, 6) is -0.136. The molecule has 3 rings (SSSR count). The van der Waals surface area contributed by atoms with Crippen molar-refractivity contribution in [1.82, 2.24) is 0 Å². The number of benzene rings is 1. The first-order chi connectivity index (χ1) is 11.2. The van der Waals surface area contributed by atoms with Crippen molar-refractivity contribution in [1.29, 1.82) is 0 Å². The molecule has 2 saturated heterocycles. The Hall–Kier alpha value is -0.980. The number of fused-ring (bicyclic) bond motifs is 1. The van der Waals surface area contributed by atoms with Crippen LogP contribution in [0.4, 0.5) is 0 Å². The minimum absolute atomic E-state index is 0.136. The Morgan fingerprint density at radius 3 is 2.74 bits per heavy atom. The Labute approximate surface area is 137 Å². The highest BCUT2D eigenvalue weighted by molar-refractivity contribution is 5.16. The van der Waals surface area contributed by atoms with E-state index in [4.69, 9.17) is 18.9 Å². The highest BCUT2D eigenvalue weighted by Crippen LogP contribution is 2.36. The van der Waals surface area contributed by atoms with Crippen molar-refractivity contribution in [2.24, 2.45) is 5.92 Å². The quantitative estimate of drug-likeness (QED) is 0.845. The highest BCUT2D eigenvalue weighted by atomic mass is 16.7. The van der Waals surface area contributed by atoms with Crippen LogP contribution in [0.25, 0.3) is 0 Å². The maximum atomic E-state index is 10.6. The first-order valence-electron chi connectivity index (χ1n) is 8.48. The van der Waals surface area contributed by atoms with Crippen molar-refractivity contribution < 1.29 is 24.1 Å². The number of unbranched alkanes of at least 4 members (excludes halogenated alkanes) is 1. The minimum Gasteiger partial charge on any atom is -0.390 e. The van der Waals surface area contributed by atoms with Crippen LogP contribution in [0.15, 0.2) is 30.3 Å². The van der Waals surface area contributed by atoms with E-state index in [1.165, 1.54) is 0 Å². The molecule has 2 aliphatic rings. The van der Waals surface area contributed by atoms with Crippen LogP contribution in [0.2, 0.25) is 0 Å². The molecule has 0 spiro atoms. The van der Waals surface area contributed by atoms with E-state index in [1.54, 1.807) is 0 Å². The molecule has 2 aliphatic heterocycles. The molecule has 23 heavy (non-hydrogen) atoms. The van der Waals surface area contributed by atoms with Crippen LogP contribution >= 0.6 is 0 Å². The van der Waals surface area contributed by atoms with Crippen LogP contribution in [-0.4, -0.2) is 42.9 Å². The summed E-state index contributed by atoms with van der Waals surface area (Å²) >= 11 is 0. The lowest BCUT2D eigenvalue weighted by molar-refractivity contribution is -0.351. The van der Waals surface area contributed by atoms with Crippen LogP contribution in [0.1, 0.15) is 38.5 Å². The second-order valence-corrected chi connectivity index (χ2v) is 6.29. The molecule has 5 nitrogen and oxygen atoms in total. The van der Waals surface area contributed by atoms with E-state index in [1.807, 2.05) is 37.3 Å². The van der Waals surface area contributed by atoms with Crippen LogP contribution in [0, 0.1) is 5.92 Å². The standard InChI is InChI=1S/C18H26O5/c1-3-4-10-20-17-12(2)15(19)16-14(22-17)11-21-18(23-16)13-8-6-5-7-9-13/h5-9,12,14-19H,3-4,10-11H2,1-2H3/t12-,14?,15?,16+,17-,18?/m0/s1. The largest absolute Gasteiger partial charge is 0.390 e. The molecule has 0 bridgehead atoms. The number of ether oxygens (including phenoxy) is 4. The molecule has 3 unspecified atom stereocenters. The molecular weight excluding hydrogens is 296 g/mol. The summed E-state index contributed by atoms with van der Waals surface area (Å²) in [6.45, 7) is 5.09. The Morgan fingerprint density at radius 1 is 1.22 bits per heavy atom. The van der Waals surface area contributed by atoms with Crippen molar-refractivity contribution in [2.75, 3.05) is 13.2 Å². The van der Waals surface area contributed by atoms with Crippen LogP contribution in [0.3, 0.4) is 0 Å². The average Bonchev–Trinajstić information content (AvgIpc) is 2.60. The Morgan fingerprint density at radius 2 is 2.00 bits per heavy atom. The predicted octanol–water partition coefficient (Wildman–Crippen LogP) is 2.64. The molecule has 5 heteroatoms. The van der Waals surface area contributed by atoms with Crippen LogP contribution in [0.5, 0.6) is 0 Å². The monoisotopic (exact) mass is 322 g/mol. The molecular formula is C18H26O5. The van der Waals surface area contributed by atoms with Crippen molar-refractivity contribution in [3.8, 4) is 0 Å². The number of aliphatic hydroxyl groups is 1. The Balaban J connectivity index is 1.63. The van der Waals surface area contributed by atoms with E-state index in [0.29, 0.717) is 13.2 Å². The topological polar surface area (TPSA) is 57.2 Å². The Bertz CT molecular complexity index is 478. The number of hydrogen-bond donors (Lipinski definition) is 1. The summed E-state index contributed by atoms with van der Waals surface area (Å²) in [7, 11) is 0. The maximum Gasteiger partial charge on any atom is 0.184 e. The third-order valence-corrected chi connectivity index (χ3v) is 4.52. The second kappa shape index (κ2) is 7.73. The fraction of sp³-hybridized carbons (Fsp3) is 0.667. The first-order valence-corrected chi connectivity index (χ1v) is 8.48.